The molecular formula is C19H18N8O2S. The number of piperazine rings is 1. The number of hydrogen-bond donors (Lipinski definition) is 0. The summed E-state index contributed by atoms with van der Waals surface area (Å²) >= 11 is 1.45. The summed E-state index contributed by atoms with van der Waals surface area (Å²) in [5.74, 6) is -0.0130. The van der Waals surface area contributed by atoms with Gasteiger partial charge in [0.25, 0.3) is 11.5 Å². The van der Waals surface area contributed by atoms with Gasteiger partial charge >= 0.3 is 0 Å². The number of carbonyl (C=O) groups is 1. The summed E-state index contributed by atoms with van der Waals surface area (Å²) in [4.78, 5) is 34.4. The van der Waals surface area contributed by atoms with Crippen molar-refractivity contribution in [3.63, 3.8) is 0 Å². The maximum atomic E-state index is 12.9. The normalized spacial score (nSPS) is 15.0. The molecule has 11 heteroatoms. The van der Waals surface area contributed by atoms with Crippen LogP contribution < -0.4 is 5.56 Å². The highest BCUT2D eigenvalue weighted by molar-refractivity contribution is 7.15. The smallest absolute Gasteiger partial charge is 0.258 e. The molecule has 4 heterocycles. The molecule has 1 fully saturated rings. The zero-order valence-electron chi connectivity index (χ0n) is 16.0. The number of hydrogen-bond acceptors (Lipinski definition) is 8. The van der Waals surface area contributed by atoms with E-state index >= 15 is 0 Å². The van der Waals surface area contributed by atoms with Crippen LogP contribution in [0.2, 0.25) is 0 Å². The van der Waals surface area contributed by atoms with E-state index in [1.807, 2.05) is 22.4 Å². The van der Waals surface area contributed by atoms with Crippen molar-refractivity contribution < 1.29 is 4.79 Å². The first-order valence-corrected chi connectivity index (χ1v) is 10.4. The summed E-state index contributed by atoms with van der Waals surface area (Å²) in [5, 5.41) is 13.0. The summed E-state index contributed by atoms with van der Waals surface area (Å²) in [5.41, 5.74) is 2.05. The monoisotopic (exact) mass is 422 g/mol. The van der Waals surface area contributed by atoms with Crippen molar-refractivity contribution in [2.75, 3.05) is 26.2 Å². The standard InChI is InChI=1S/C19H18N8O2S/c28-17-11-15(21-19-26(17)8-9-30-19)12-24-4-6-25(7-5-24)18(29)14-2-1-3-16(10-14)27-13-20-22-23-27/h1-3,8-11,13H,4-7,12H2. The van der Waals surface area contributed by atoms with E-state index in [9.17, 15) is 9.59 Å². The number of tetrazole rings is 1. The van der Waals surface area contributed by atoms with Crippen LogP contribution in [0, 0.1) is 0 Å². The van der Waals surface area contributed by atoms with E-state index in [4.69, 9.17) is 0 Å². The van der Waals surface area contributed by atoms with E-state index < -0.39 is 0 Å². The number of benzene rings is 1. The molecule has 10 nitrogen and oxygen atoms in total. The fourth-order valence-electron chi connectivity index (χ4n) is 3.55. The molecule has 1 saturated heterocycles. The second-order valence-corrected chi connectivity index (χ2v) is 7.89. The van der Waals surface area contributed by atoms with Crippen LogP contribution in [0.5, 0.6) is 0 Å². The zero-order valence-corrected chi connectivity index (χ0v) is 16.8. The lowest BCUT2D eigenvalue weighted by Crippen LogP contribution is -2.48. The van der Waals surface area contributed by atoms with Crippen molar-refractivity contribution in [3.8, 4) is 5.69 Å². The van der Waals surface area contributed by atoms with Crippen LogP contribution in [0.1, 0.15) is 16.1 Å². The number of rotatable bonds is 4. The van der Waals surface area contributed by atoms with Gasteiger partial charge in [-0.15, -0.1) is 16.4 Å². The molecule has 0 atom stereocenters. The maximum absolute atomic E-state index is 12.9. The predicted octanol–water partition coefficient (Wildman–Crippen LogP) is 0.690. The quantitative estimate of drug-likeness (QED) is 0.477. The molecule has 152 valence electrons. The van der Waals surface area contributed by atoms with Crippen molar-refractivity contribution in [3.05, 3.63) is 69.8 Å². The van der Waals surface area contributed by atoms with Crippen LogP contribution in [0.25, 0.3) is 10.6 Å². The Kier molecular flexibility index (Phi) is 4.81. The fraction of sp³-hybridized carbons (Fsp3) is 0.263. The minimum atomic E-state index is -0.0625. The molecule has 0 radical (unpaired) electrons. The van der Waals surface area contributed by atoms with Gasteiger partial charge < -0.3 is 4.90 Å². The molecule has 0 unspecified atom stereocenters. The molecule has 5 rings (SSSR count). The summed E-state index contributed by atoms with van der Waals surface area (Å²) in [7, 11) is 0. The second-order valence-electron chi connectivity index (χ2n) is 7.01. The summed E-state index contributed by atoms with van der Waals surface area (Å²) in [6.07, 6.45) is 3.23. The number of thiazole rings is 1. The zero-order chi connectivity index (χ0) is 20.5. The lowest BCUT2D eigenvalue weighted by molar-refractivity contribution is 0.0627. The van der Waals surface area contributed by atoms with Crippen LogP contribution in [-0.2, 0) is 6.54 Å². The molecule has 1 amide bonds. The van der Waals surface area contributed by atoms with E-state index in [1.165, 1.54) is 22.3 Å². The molecular weight excluding hydrogens is 404 g/mol. The third-order valence-electron chi connectivity index (χ3n) is 5.11. The van der Waals surface area contributed by atoms with Crippen LogP contribution >= 0.6 is 11.3 Å². The number of amides is 1. The summed E-state index contributed by atoms with van der Waals surface area (Å²) in [6, 6.07) is 8.85. The number of nitrogens with zero attached hydrogens (tertiary/aromatic N) is 8. The van der Waals surface area contributed by atoms with Gasteiger partial charge in [-0.2, -0.15) is 0 Å². The Balaban J connectivity index is 1.24. The van der Waals surface area contributed by atoms with E-state index in [-0.39, 0.29) is 11.5 Å². The van der Waals surface area contributed by atoms with E-state index in [2.05, 4.69) is 25.4 Å². The van der Waals surface area contributed by atoms with Gasteiger partial charge in [-0.3, -0.25) is 18.9 Å². The first-order chi connectivity index (χ1) is 14.7. The van der Waals surface area contributed by atoms with Gasteiger partial charge in [0.15, 0.2) is 4.96 Å². The molecule has 0 spiro atoms. The van der Waals surface area contributed by atoms with Gasteiger partial charge in [0, 0.05) is 55.9 Å². The Morgan fingerprint density at radius 3 is 2.80 bits per heavy atom. The van der Waals surface area contributed by atoms with Crippen LogP contribution in [0.4, 0.5) is 0 Å². The second kappa shape index (κ2) is 7.76. The lowest BCUT2D eigenvalue weighted by Gasteiger charge is -2.34. The minimum Gasteiger partial charge on any atom is -0.336 e. The van der Waals surface area contributed by atoms with Crippen molar-refractivity contribution in [1.82, 2.24) is 39.4 Å². The van der Waals surface area contributed by atoms with Gasteiger partial charge in [0.1, 0.15) is 6.33 Å². The Labute approximate surface area is 175 Å². The molecule has 30 heavy (non-hydrogen) atoms. The Morgan fingerprint density at radius 2 is 2.00 bits per heavy atom. The van der Waals surface area contributed by atoms with Crippen LogP contribution in [0.15, 0.2) is 53.0 Å². The number of aromatic nitrogens is 6. The predicted molar refractivity (Wildman–Crippen MR) is 110 cm³/mol. The van der Waals surface area contributed by atoms with Gasteiger partial charge in [-0.05, 0) is 28.6 Å². The topological polar surface area (TPSA) is 102 Å². The largest absolute Gasteiger partial charge is 0.336 e. The highest BCUT2D eigenvalue weighted by atomic mass is 32.1. The molecule has 0 aliphatic carbocycles. The first kappa shape index (κ1) is 18.6. The van der Waals surface area contributed by atoms with Crippen molar-refractivity contribution >= 4 is 22.2 Å². The van der Waals surface area contributed by atoms with Gasteiger partial charge in [0.2, 0.25) is 0 Å². The average molecular weight is 422 g/mol. The van der Waals surface area contributed by atoms with Gasteiger partial charge in [0.05, 0.1) is 11.4 Å². The molecule has 3 aromatic heterocycles. The van der Waals surface area contributed by atoms with Crippen molar-refractivity contribution in [2.45, 2.75) is 6.54 Å². The first-order valence-electron chi connectivity index (χ1n) is 9.48. The summed E-state index contributed by atoms with van der Waals surface area (Å²) in [6.45, 7) is 3.29. The number of carbonyl (C=O) groups excluding carboxylic acids is 1. The molecule has 1 aromatic carbocycles. The van der Waals surface area contributed by atoms with E-state index in [1.54, 1.807) is 28.8 Å². The summed E-state index contributed by atoms with van der Waals surface area (Å²) < 4.78 is 3.07. The maximum Gasteiger partial charge on any atom is 0.258 e. The molecule has 1 aliphatic rings. The number of fused-ring (bicyclic) bond motifs is 1. The van der Waals surface area contributed by atoms with Gasteiger partial charge in [-0.1, -0.05) is 6.07 Å². The third kappa shape index (κ3) is 3.60. The molecule has 1 aliphatic heterocycles. The minimum absolute atomic E-state index is 0.0130. The molecule has 0 bridgehead atoms. The van der Waals surface area contributed by atoms with Crippen LogP contribution in [-0.4, -0.2) is 71.5 Å². The highest BCUT2D eigenvalue weighted by Crippen LogP contribution is 2.14. The highest BCUT2D eigenvalue weighted by Gasteiger charge is 2.23. The van der Waals surface area contributed by atoms with Crippen molar-refractivity contribution in [1.29, 1.82) is 0 Å². The van der Waals surface area contributed by atoms with Crippen molar-refractivity contribution in [2.24, 2.45) is 0 Å². The third-order valence-corrected chi connectivity index (χ3v) is 5.86. The van der Waals surface area contributed by atoms with Gasteiger partial charge in [-0.25, -0.2) is 9.67 Å². The van der Waals surface area contributed by atoms with Crippen LogP contribution in [0.3, 0.4) is 0 Å². The molecule has 0 N–H and O–H groups in total. The Bertz CT molecular complexity index is 1240. The fourth-order valence-corrected chi connectivity index (χ4v) is 4.29. The molecule has 4 aromatic rings. The Hall–Kier alpha value is -3.44. The average Bonchev–Trinajstić information content (AvgIpc) is 3.46. The SMILES string of the molecule is O=C(c1cccc(-n2cnnn2)c1)N1CCN(Cc2cc(=O)n3ccsc3n2)CC1. The molecule has 0 saturated carbocycles. The van der Waals surface area contributed by atoms with E-state index in [0.717, 1.165) is 24.5 Å². The van der Waals surface area contributed by atoms with E-state index in [0.29, 0.717) is 30.2 Å². The Morgan fingerprint density at radius 1 is 1.13 bits per heavy atom. The lowest BCUT2D eigenvalue weighted by atomic mass is 10.1.